The number of nitrogens with one attached hydrogen (secondary N) is 1. The Morgan fingerprint density at radius 3 is 2.95 bits per heavy atom. The van der Waals surface area contributed by atoms with Crippen LogP contribution in [0.25, 0.3) is 0 Å². The number of hydrogen-bond acceptors (Lipinski definition) is 5. The molecule has 1 amide bonds. The van der Waals surface area contributed by atoms with E-state index in [0.717, 1.165) is 19.7 Å². The second-order valence-electron chi connectivity index (χ2n) is 6.49. The maximum atomic E-state index is 11.3. The molecule has 22 heavy (non-hydrogen) atoms. The lowest BCUT2D eigenvalue weighted by Gasteiger charge is -2.42. The molecule has 0 aliphatic carbocycles. The normalized spacial score (nSPS) is 30.7. The molecule has 2 aliphatic rings. The molecule has 0 aromatic carbocycles. The average molecular weight is 315 g/mol. The number of nitrogens with zero attached hydrogens (tertiary/aromatic N) is 2. The van der Waals surface area contributed by atoms with Gasteiger partial charge in [0.2, 0.25) is 0 Å². The Bertz CT molecular complexity index is 367. The highest BCUT2D eigenvalue weighted by Crippen LogP contribution is 2.13. The summed E-state index contributed by atoms with van der Waals surface area (Å²) in [5, 5.41) is 12.7. The molecule has 0 radical (unpaired) electrons. The van der Waals surface area contributed by atoms with Crippen LogP contribution in [0.1, 0.15) is 20.8 Å². The molecule has 0 spiro atoms. The van der Waals surface area contributed by atoms with Crippen molar-refractivity contribution in [3.05, 3.63) is 0 Å². The Kier molecular flexibility index (Phi) is 6.43. The SMILES string of the molecule is CC(C)OCC1COCCN1C[C@H]1CN(C(=O)O)[C@H](C)CN1. The lowest BCUT2D eigenvalue weighted by atomic mass is 10.1. The first-order chi connectivity index (χ1) is 10.5. The molecule has 2 aliphatic heterocycles. The number of carbonyl (C=O) groups is 1. The first kappa shape index (κ1) is 17.5. The van der Waals surface area contributed by atoms with E-state index in [-0.39, 0.29) is 24.2 Å². The van der Waals surface area contributed by atoms with E-state index in [1.165, 1.54) is 4.90 Å². The summed E-state index contributed by atoms with van der Waals surface area (Å²) in [6.45, 7) is 11.0. The number of carboxylic acid groups (broad SMARTS) is 1. The molecule has 0 aromatic heterocycles. The Labute approximate surface area is 132 Å². The third-order valence-corrected chi connectivity index (χ3v) is 4.32. The van der Waals surface area contributed by atoms with Crippen molar-refractivity contribution in [2.75, 3.05) is 46.0 Å². The molecule has 2 rings (SSSR count). The quantitative estimate of drug-likeness (QED) is 0.767. The Hall–Kier alpha value is -0.890. The van der Waals surface area contributed by atoms with E-state index in [0.29, 0.717) is 26.3 Å². The maximum Gasteiger partial charge on any atom is 0.407 e. The van der Waals surface area contributed by atoms with Crippen molar-refractivity contribution in [1.29, 1.82) is 0 Å². The Balaban J connectivity index is 1.88. The summed E-state index contributed by atoms with van der Waals surface area (Å²) < 4.78 is 11.3. The van der Waals surface area contributed by atoms with Gasteiger partial charge in [0, 0.05) is 38.3 Å². The zero-order chi connectivity index (χ0) is 16.1. The summed E-state index contributed by atoms with van der Waals surface area (Å²) in [4.78, 5) is 15.2. The highest BCUT2D eigenvalue weighted by molar-refractivity contribution is 5.65. The predicted octanol–water partition coefficient (Wildman–Crippen LogP) is 0.453. The van der Waals surface area contributed by atoms with Crippen molar-refractivity contribution >= 4 is 6.09 Å². The van der Waals surface area contributed by atoms with Crippen LogP contribution in [0.2, 0.25) is 0 Å². The van der Waals surface area contributed by atoms with Crippen LogP contribution in [0, 0.1) is 0 Å². The molecule has 2 fully saturated rings. The maximum absolute atomic E-state index is 11.3. The van der Waals surface area contributed by atoms with Gasteiger partial charge in [-0.1, -0.05) is 0 Å². The van der Waals surface area contributed by atoms with Crippen LogP contribution in [0.5, 0.6) is 0 Å². The molecule has 1 unspecified atom stereocenters. The van der Waals surface area contributed by atoms with Gasteiger partial charge in [0.15, 0.2) is 0 Å². The largest absolute Gasteiger partial charge is 0.465 e. The molecular weight excluding hydrogens is 286 g/mol. The van der Waals surface area contributed by atoms with Crippen molar-refractivity contribution in [3.8, 4) is 0 Å². The van der Waals surface area contributed by atoms with Crippen LogP contribution >= 0.6 is 0 Å². The minimum Gasteiger partial charge on any atom is -0.465 e. The van der Waals surface area contributed by atoms with Crippen molar-refractivity contribution in [3.63, 3.8) is 0 Å². The first-order valence-corrected chi connectivity index (χ1v) is 8.13. The minimum absolute atomic E-state index is 0.0264. The number of rotatable bonds is 5. The first-order valence-electron chi connectivity index (χ1n) is 8.13. The van der Waals surface area contributed by atoms with Crippen LogP contribution in [-0.2, 0) is 9.47 Å². The van der Waals surface area contributed by atoms with Gasteiger partial charge >= 0.3 is 6.09 Å². The summed E-state index contributed by atoms with van der Waals surface area (Å²) in [5.74, 6) is 0. The Morgan fingerprint density at radius 1 is 1.50 bits per heavy atom. The van der Waals surface area contributed by atoms with Gasteiger partial charge in [-0.2, -0.15) is 0 Å². The molecular formula is C15H29N3O4. The number of morpholine rings is 1. The van der Waals surface area contributed by atoms with Crippen LogP contribution in [0.15, 0.2) is 0 Å². The van der Waals surface area contributed by atoms with E-state index in [1.54, 1.807) is 0 Å². The van der Waals surface area contributed by atoms with Gasteiger partial charge in [-0.3, -0.25) is 4.90 Å². The molecule has 7 heteroatoms. The fourth-order valence-corrected chi connectivity index (χ4v) is 2.99. The third-order valence-electron chi connectivity index (χ3n) is 4.32. The number of amides is 1. The second kappa shape index (κ2) is 8.10. The molecule has 2 heterocycles. The van der Waals surface area contributed by atoms with Gasteiger partial charge in [0.1, 0.15) is 0 Å². The van der Waals surface area contributed by atoms with Gasteiger partial charge in [0.05, 0.1) is 32.0 Å². The fraction of sp³-hybridized carbons (Fsp3) is 0.933. The molecule has 0 aromatic rings. The highest BCUT2D eigenvalue weighted by atomic mass is 16.5. The predicted molar refractivity (Wildman–Crippen MR) is 83.3 cm³/mol. The summed E-state index contributed by atoms with van der Waals surface area (Å²) in [6.07, 6.45) is -0.624. The van der Waals surface area contributed by atoms with Crippen LogP contribution in [-0.4, -0.2) is 91.2 Å². The van der Waals surface area contributed by atoms with E-state index in [1.807, 2.05) is 20.8 Å². The van der Waals surface area contributed by atoms with Crippen molar-refractivity contribution in [2.24, 2.45) is 0 Å². The molecule has 128 valence electrons. The van der Waals surface area contributed by atoms with Crippen LogP contribution < -0.4 is 5.32 Å². The zero-order valence-corrected chi connectivity index (χ0v) is 13.8. The van der Waals surface area contributed by atoms with Gasteiger partial charge in [0.25, 0.3) is 0 Å². The number of ether oxygens (including phenoxy) is 2. The Morgan fingerprint density at radius 2 is 2.27 bits per heavy atom. The second-order valence-corrected chi connectivity index (χ2v) is 6.49. The van der Waals surface area contributed by atoms with Crippen molar-refractivity contribution < 1.29 is 19.4 Å². The summed E-state index contributed by atoms with van der Waals surface area (Å²) in [7, 11) is 0. The topological polar surface area (TPSA) is 74.3 Å². The van der Waals surface area contributed by atoms with E-state index in [4.69, 9.17) is 9.47 Å². The van der Waals surface area contributed by atoms with Crippen molar-refractivity contribution in [1.82, 2.24) is 15.1 Å². The molecule has 3 atom stereocenters. The minimum atomic E-state index is -0.833. The average Bonchev–Trinajstić information content (AvgIpc) is 2.48. The van der Waals surface area contributed by atoms with Gasteiger partial charge in [-0.05, 0) is 20.8 Å². The standard InChI is InChI=1S/C15H29N3O4/c1-11(2)22-10-14-9-21-5-4-17(14)7-13-8-18(15(19)20)12(3)6-16-13/h11-14,16H,4-10H2,1-3H3,(H,19,20)/t12-,13+,14?/m1/s1. The molecule has 0 saturated carbocycles. The highest BCUT2D eigenvalue weighted by Gasteiger charge is 2.32. The van der Waals surface area contributed by atoms with E-state index < -0.39 is 6.09 Å². The summed E-state index contributed by atoms with van der Waals surface area (Å²) in [5.41, 5.74) is 0. The zero-order valence-electron chi connectivity index (χ0n) is 13.8. The van der Waals surface area contributed by atoms with Gasteiger partial charge in [-0.15, -0.1) is 0 Å². The molecule has 2 saturated heterocycles. The fourth-order valence-electron chi connectivity index (χ4n) is 2.99. The van der Waals surface area contributed by atoms with E-state index in [2.05, 4.69) is 10.2 Å². The summed E-state index contributed by atoms with van der Waals surface area (Å²) >= 11 is 0. The van der Waals surface area contributed by atoms with Gasteiger partial charge < -0.3 is 24.8 Å². The third kappa shape index (κ3) is 4.81. The summed E-state index contributed by atoms with van der Waals surface area (Å²) in [6, 6.07) is 0.432. The van der Waals surface area contributed by atoms with Crippen LogP contribution in [0.4, 0.5) is 4.79 Å². The number of hydrogen-bond donors (Lipinski definition) is 2. The molecule has 0 bridgehead atoms. The molecule has 2 N–H and O–H groups in total. The van der Waals surface area contributed by atoms with Gasteiger partial charge in [-0.25, -0.2) is 4.79 Å². The number of piperazine rings is 1. The monoisotopic (exact) mass is 315 g/mol. The molecule has 7 nitrogen and oxygen atoms in total. The van der Waals surface area contributed by atoms with E-state index in [9.17, 15) is 9.90 Å². The van der Waals surface area contributed by atoms with Crippen molar-refractivity contribution in [2.45, 2.75) is 45.0 Å². The lowest BCUT2D eigenvalue weighted by molar-refractivity contribution is -0.0586. The van der Waals surface area contributed by atoms with Crippen LogP contribution in [0.3, 0.4) is 0 Å². The smallest absolute Gasteiger partial charge is 0.407 e. The van der Waals surface area contributed by atoms with E-state index >= 15 is 0 Å². The lowest BCUT2D eigenvalue weighted by Crippen LogP contribution is -2.62.